The number of carboxylic acid groups (broad SMARTS) is 1. The van der Waals surface area contributed by atoms with E-state index in [9.17, 15) is 23.1 Å². The summed E-state index contributed by atoms with van der Waals surface area (Å²) >= 11 is 0. The Morgan fingerprint density at radius 2 is 1.86 bits per heavy atom. The van der Waals surface area contributed by atoms with Gasteiger partial charge in [-0.15, -0.1) is 0 Å². The van der Waals surface area contributed by atoms with Gasteiger partial charge in [-0.25, -0.2) is 4.79 Å². The summed E-state index contributed by atoms with van der Waals surface area (Å²) in [6.45, 7) is -0.577. The lowest BCUT2D eigenvalue weighted by molar-refractivity contribution is -0.192. The topological polar surface area (TPSA) is 81.6 Å². The van der Waals surface area contributed by atoms with E-state index in [0.29, 0.717) is 5.56 Å². The van der Waals surface area contributed by atoms with Crippen LogP contribution in [0.15, 0.2) is 30.3 Å². The zero-order valence-electron chi connectivity index (χ0n) is 11.3. The Bertz CT molecular complexity index is 467. The van der Waals surface area contributed by atoms with Gasteiger partial charge in [0.2, 0.25) is 0 Å². The number of aliphatic hydroxyl groups excluding tert-OH is 1. The van der Waals surface area contributed by atoms with Crippen LogP contribution in [0.1, 0.15) is 18.5 Å². The first-order valence-electron chi connectivity index (χ1n) is 6.16. The molecular weight excluding hydrogens is 289 g/mol. The van der Waals surface area contributed by atoms with Crippen LogP contribution < -0.4 is 10.6 Å². The van der Waals surface area contributed by atoms with E-state index in [1.807, 2.05) is 0 Å². The van der Waals surface area contributed by atoms with Crippen molar-refractivity contribution < 1.29 is 28.2 Å². The third kappa shape index (κ3) is 4.61. The number of benzene rings is 1. The van der Waals surface area contributed by atoms with Gasteiger partial charge in [0.25, 0.3) is 0 Å². The molecule has 0 bridgehead atoms. The Hall–Kier alpha value is -1.80. The number of hydrogen-bond donors (Lipinski definition) is 4. The number of rotatable bonds is 6. The highest BCUT2D eigenvalue weighted by Crippen LogP contribution is 2.32. The molecule has 2 atom stereocenters. The molecule has 1 amide bonds. The van der Waals surface area contributed by atoms with Gasteiger partial charge in [0, 0.05) is 6.54 Å². The predicted molar refractivity (Wildman–Crippen MR) is 69.9 cm³/mol. The number of carbonyl (C=O) groups is 1. The van der Waals surface area contributed by atoms with Crippen LogP contribution in [0.25, 0.3) is 0 Å². The van der Waals surface area contributed by atoms with E-state index in [2.05, 4.69) is 5.32 Å². The van der Waals surface area contributed by atoms with E-state index >= 15 is 0 Å². The number of nitrogens with one attached hydrogen (secondary N) is 2. The molecule has 1 rings (SSSR count). The van der Waals surface area contributed by atoms with E-state index in [1.54, 1.807) is 35.6 Å². The molecular formula is C13H17F3N2O3. The Balaban J connectivity index is 2.96. The minimum atomic E-state index is -4.70. The van der Waals surface area contributed by atoms with Crippen LogP contribution in [-0.4, -0.2) is 41.2 Å². The molecule has 0 saturated carbocycles. The molecule has 2 unspecified atom stereocenters. The lowest BCUT2D eigenvalue weighted by Gasteiger charge is -2.36. The smallest absolute Gasteiger partial charge is 0.408 e. The van der Waals surface area contributed by atoms with Crippen LogP contribution in [0.2, 0.25) is 0 Å². The lowest BCUT2D eigenvalue weighted by Crippen LogP contribution is -2.61. The minimum absolute atomic E-state index is 0.478. The molecule has 0 radical (unpaired) electrons. The second-order valence-electron chi connectivity index (χ2n) is 4.78. The molecule has 0 heterocycles. The molecule has 0 saturated heterocycles. The third-order valence-corrected chi connectivity index (χ3v) is 3.10. The van der Waals surface area contributed by atoms with Crippen molar-refractivity contribution in [1.29, 1.82) is 0 Å². The predicted octanol–water partition coefficient (Wildman–Crippen LogP) is 1.90. The lowest BCUT2D eigenvalue weighted by atomic mass is 9.97. The molecule has 0 spiro atoms. The van der Waals surface area contributed by atoms with Gasteiger partial charge in [-0.1, -0.05) is 30.3 Å². The van der Waals surface area contributed by atoms with Crippen molar-refractivity contribution in [2.75, 3.05) is 13.2 Å². The first-order chi connectivity index (χ1) is 9.69. The van der Waals surface area contributed by atoms with Crippen molar-refractivity contribution in [3.63, 3.8) is 0 Å². The van der Waals surface area contributed by atoms with E-state index in [-0.39, 0.29) is 0 Å². The largest absolute Gasteiger partial charge is 0.465 e. The Kier molecular flexibility index (Phi) is 5.56. The third-order valence-electron chi connectivity index (χ3n) is 3.10. The fourth-order valence-electron chi connectivity index (χ4n) is 1.79. The Morgan fingerprint density at radius 3 is 2.29 bits per heavy atom. The van der Waals surface area contributed by atoms with Gasteiger partial charge in [0.1, 0.15) is 5.54 Å². The highest BCUT2D eigenvalue weighted by atomic mass is 19.4. The first kappa shape index (κ1) is 17.3. The van der Waals surface area contributed by atoms with E-state index in [4.69, 9.17) is 5.11 Å². The highest BCUT2D eigenvalue weighted by molar-refractivity contribution is 5.64. The van der Waals surface area contributed by atoms with Crippen molar-refractivity contribution in [2.24, 2.45) is 0 Å². The summed E-state index contributed by atoms with van der Waals surface area (Å²) in [5.41, 5.74) is -2.03. The van der Waals surface area contributed by atoms with Crippen molar-refractivity contribution in [1.82, 2.24) is 10.6 Å². The number of aliphatic hydroxyl groups is 1. The van der Waals surface area contributed by atoms with Crippen molar-refractivity contribution in [3.05, 3.63) is 35.9 Å². The van der Waals surface area contributed by atoms with E-state index in [1.165, 1.54) is 0 Å². The summed E-state index contributed by atoms with van der Waals surface area (Å²) < 4.78 is 39.6. The van der Waals surface area contributed by atoms with Gasteiger partial charge in [-0.05, 0) is 12.5 Å². The summed E-state index contributed by atoms with van der Waals surface area (Å²) in [6, 6.07) is 7.17. The summed E-state index contributed by atoms with van der Waals surface area (Å²) in [5.74, 6) is 0. The van der Waals surface area contributed by atoms with Gasteiger partial charge in [-0.2, -0.15) is 13.2 Å². The summed E-state index contributed by atoms with van der Waals surface area (Å²) in [6.07, 6.45) is -6.25. The minimum Gasteiger partial charge on any atom is -0.465 e. The molecule has 118 valence electrons. The van der Waals surface area contributed by atoms with Gasteiger partial charge in [-0.3, -0.25) is 5.32 Å². The van der Waals surface area contributed by atoms with Crippen molar-refractivity contribution in [2.45, 2.75) is 24.7 Å². The van der Waals surface area contributed by atoms with Crippen LogP contribution >= 0.6 is 0 Å². The SMILES string of the molecule is CC(CNC(=O)O)(NC(CO)c1ccccc1)C(F)(F)F. The Morgan fingerprint density at radius 1 is 1.29 bits per heavy atom. The van der Waals surface area contributed by atoms with Crippen LogP contribution in [-0.2, 0) is 0 Å². The van der Waals surface area contributed by atoms with Crippen LogP contribution in [0.4, 0.5) is 18.0 Å². The highest BCUT2D eigenvalue weighted by Gasteiger charge is 2.52. The van der Waals surface area contributed by atoms with Gasteiger partial charge >= 0.3 is 12.3 Å². The molecule has 1 aromatic carbocycles. The second-order valence-corrected chi connectivity index (χ2v) is 4.78. The van der Waals surface area contributed by atoms with Gasteiger partial charge < -0.3 is 15.5 Å². The molecule has 8 heteroatoms. The van der Waals surface area contributed by atoms with E-state index in [0.717, 1.165) is 6.92 Å². The maximum Gasteiger partial charge on any atom is 0.408 e. The monoisotopic (exact) mass is 306 g/mol. The van der Waals surface area contributed by atoms with Crippen LogP contribution in [0.3, 0.4) is 0 Å². The maximum absolute atomic E-state index is 13.2. The molecule has 4 N–H and O–H groups in total. The normalized spacial score (nSPS) is 16.0. The molecule has 0 aliphatic heterocycles. The number of halogens is 3. The second kappa shape index (κ2) is 6.77. The van der Waals surface area contributed by atoms with Crippen molar-refractivity contribution >= 4 is 6.09 Å². The maximum atomic E-state index is 13.2. The fourth-order valence-corrected chi connectivity index (χ4v) is 1.79. The van der Waals surface area contributed by atoms with Crippen molar-refractivity contribution in [3.8, 4) is 0 Å². The number of hydrogen-bond acceptors (Lipinski definition) is 3. The first-order valence-corrected chi connectivity index (χ1v) is 6.16. The summed E-state index contributed by atoms with van der Waals surface area (Å²) in [7, 11) is 0. The zero-order valence-corrected chi connectivity index (χ0v) is 11.3. The molecule has 1 aromatic rings. The summed E-state index contributed by atoms with van der Waals surface area (Å²) in [4.78, 5) is 10.4. The average Bonchev–Trinajstić information content (AvgIpc) is 2.42. The zero-order chi connectivity index (χ0) is 16.1. The molecule has 0 aliphatic rings. The average molecular weight is 306 g/mol. The molecule has 21 heavy (non-hydrogen) atoms. The number of alkyl halides is 3. The Labute approximate surface area is 119 Å². The van der Waals surface area contributed by atoms with Gasteiger partial charge in [0.05, 0.1) is 12.6 Å². The molecule has 0 aromatic heterocycles. The fraction of sp³-hybridized carbons (Fsp3) is 0.462. The number of amides is 1. The summed E-state index contributed by atoms with van der Waals surface area (Å²) in [5, 5.41) is 21.8. The van der Waals surface area contributed by atoms with Crippen LogP contribution in [0, 0.1) is 0 Å². The van der Waals surface area contributed by atoms with E-state index < -0.39 is 37.0 Å². The quantitative estimate of drug-likeness (QED) is 0.647. The molecule has 0 aliphatic carbocycles. The standard InChI is InChI=1S/C13H17F3N2O3/c1-12(13(14,15)16,8-17-11(20)21)18-10(7-19)9-5-3-2-4-6-9/h2-6,10,17-19H,7-8H2,1H3,(H,20,21). The van der Waals surface area contributed by atoms with Crippen LogP contribution in [0.5, 0.6) is 0 Å². The van der Waals surface area contributed by atoms with Gasteiger partial charge in [0.15, 0.2) is 0 Å². The molecule has 5 nitrogen and oxygen atoms in total. The molecule has 0 fully saturated rings.